The van der Waals surface area contributed by atoms with Crippen LogP contribution in [-0.2, 0) is 6.54 Å². The van der Waals surface area contributed by atoms with Crippen molar-refractivity contribution in [2.75, 3.05) is 7.05 Å². The maximum atomic E-state index is 13.9. The zero-order valence-corrected chi connectivity index (χ0v) is 11.4. The van der Waals surface area contributed by atoms with Gasteiger partial charge in [-0.05, 0) is 20.0 Å². The van der Waals surface area contributed by atoms with E-state index in [9.17, 15) is 8.78 Å². The summed E-state index contributed by atoms with van der Waals surface area (Å²) in [7, 11) is 1.69. The molecule has 0 bridgehead atoms. The van der Waals surface area contributed by atoms with Crippen LogP contribution in [0.1, 0.15) is 24.2 Å². The molecule has 2 aromatic rings. The number of nitrogens with zero attached hydrogens (tertiary/aromatic N) is 2. The van der Waals surface area contributed by atoms with Gasteiger partial charge in [0.15, 0.2) is 0 Å². The van der Waals surface area contributed by atoms with Crippen LogP contribution in [0.25, 0.3) is 0 Å². The molecule has 0 saturated heterocycles. The highest BCUT2D eigenvalue weighted by molar-refractivity contribution is 6.31. The first kappa shape index (κ1) is 14.0. The predicted molar refractivity (Wildman–Crippen MR) is 70.2 cm³/mol. The molecule has 0 saturated carbocycles. The SMILES string of the molecule is CCn1ncc(Cl)c1C(NC)c1ccc(F)cc1F. The summed E-state index contributed by atoms with van der Waals surface area (Å²) in [5.74, 6) is -1.22. The minimum atomic E-state index is -0.612. The van der Waals surface area contributed by atoms with Crippen LogP contribution < -0.4 is 5.32 Å². The van der Waals surface area contributed by atoms with Gasteiger partial charge < -0.3 is 5.32 Å². The molecule has 0 aliphatic rings. The molecule has 1 N–H and O–H groups in total. The summed E-state index contributed by atoms with van der Waals surface area (Å²) in [4.78, 5) is 0. The molecular weight excluding hydrogens is 272 g/mol. The lowest BCUT2D eigenvalue weighted by Crippen LogP contribution is -2.23. The number of hydrogen-bond acceptors (Lipinski definition) is 2. The van der Waals surface area contributed by atoms with Gasteiger partial charge in [0.25, 0.3) is 0 Å². The average molecular weight is 286 g/mol. The Morgan fingerprint density at radius 2 is 2.16 bits per heavy atom. The number of hydrogen-bond donors (Lipinski definition) is 1. The normalized spacial score (nSPS) is 12.7. The van der Waals surface area contributed by atoms with Crippen LogP contribution in [0.3, 0.4) is 0 Å². The Bertz CT molecular complexity index is 583. The van der Waals surface area contributed by atoms with E-state index in [1.165, 1.54) is 18.3 Å². The van der Waals surface area contributed by atoms with Gasteiger partial charge in [0.2, 0.25) is 0 Å². The number of nitrogens with one attached hydrogen (secondary N) is 1. The van der Waals surface area contributed by atoms with E-state index in [4.69, 9.17) is 11.6 Å². The minimum Gasteiger partial charge on any atom is -0.308 e. The fraction of sp³-hybridized carbons (Fsp3) is 0.308. The molecule has 1 heterocycles. The van der Waals surface area contributed by atoms with Crippen molar-refractivity contribution in [1.82, 2.24) is 15.1 Å². The molecule has 102 valence electrons. The van der Waals surface area contributed by atoms with E-state index in [0.717, 1.165) is 6.07 Å². The van der Waals surface area contributed by atoms with Crippen LogP contribution in [0.4, 0.5) is 8.78 Å². The smallest absolute Gasteiger partial charge is 0.131 e. The van der Waals surface area contributed by atoms with Gasteiger partial charge in [0.05, 0.1) is 23.0 Å². The van der Waals surface area contributed by atoms with Crippen LogP contribution in [0.2, 0.25) is 5.02 Å². The number of rotatable bonds is 4. The van der Waals surface area contributed by atoms with Crippen molar-refractivity contribution in [3.63, 3.8) is 0 Å². The highest BCUT2D eigenvalue weighted by Crippen LogP contribution is 2.29. The number of benzene rings is 1. The van der Waals surface area contributed by atoms with Gasteiger partial charge in [-0.15, -0.1) is 0 Å². The van der Waals surface area contributed by atoms with Crippen molar-refractivity contribution in [2.24, 2.45) is 0 Å². The molecule has 0 amide bonds. The molecule has 1 unspecified atom stereocenters. The Kier molecular flexibility index (Phi) is 4.17. The van der Waals surface area contributed by atoms with Crippen LogP contribution in [0.5, 0.6) is 0 Å². The minimum absolute atomic E-state index is 0.334. The maximum absolute atomic E-state index is 13.9. The van der Waals surface area contributed by atoms with E-state index >= 15 is 0 Å². The van der Waals surface area contributed by atoms with Gasteiger partial charge in [-0.2, -0.15) is 5.10 Å². The lowest BCUT2D eigenvalue weighted by molar-refractivity contribution is 0.523. The quantitative estimate of drug-likeness (QED) is 0.935. The second kappa shape index (κ2) is 5.67. The second-order valence-electron chi connectivity index (χ2n) is 4.08. The monoisotopic (exact) mass is 285 g/mol. The lowest BCUT2D eigenvalue weighted by Gasteiger charge is -2.19. The fourth-order valence-corrected chi connectivity index (χ4v) is 2.34. The Labute approximate surface area is 115 Å². The average Bonchev–Trinajstić information content (AvgIpc) is 2.74. The van der Waals surface area contributed by atoms with Gasteiger partial charge in [-0.1, -0.05) is 17.7 Å². The zero-order chi connectivity index (χ0) is 14.0. The summed E-state index contributed by atoms with van der Waals surface area (Å²) < 4.78 is 28.6. The molecule has 0 spiro atoms. The van der Waals surface area contributed by atoms with Gasteiger partial charge in [0, 0.05) is 18.2 Å². The molecule has 0 fully saturated rings. The van der Waals surface area contributed by atoms with Crippen LogP contribution in [0, 0.1) is 11.6 Å². The van der Waals surface area contributed by atoms with E-state index < -0.39 is 17.7 Å². The molecule has 1 atom stereocenters. The zero-order valence-electron chi connectivity index (χ0n) is 10.6. The Balaban J connectivity index is 2.52. The van der Waals surface area contributed by atoms with E-state index in [2.05, 4.69) is 10.4 Å². The molecule has 0 aliphatic heterocycles. The van der Waals surface area contributed by atoms with Gasteiger partial charge in [-0.3, -0.25) is 4.68 Å². The van der Waals surface area contributed by atoms with E-state index in [1.807, 2.05) is 6.92 Å². The van der Waals surface area contributed by atoms with Crippen molar-refractivity contribution in [2.45, 2.75) is 19.5 Å². The third-order valence-electron chi connectivity index (χ3n) is 2.97. The van der Waals surface area contributed by atoms with E-state index in [0.29, 0.717) is 22.8 Å². The predicted octanol–water partition coefficient (Wildman–Crippen LogP) is 3.14. The molecule has 19 heavy (non-hydrogen) atoms. The Morgan fingerprint density at radius 3 is 2.74 bits per heavy atom. The van der Waals surface area contributed by atoms with Gasteiger partial charge in [0.1, 0.15) is 11.6 Å². The van der Waals surface area contributed by atoms with Crippen LogP contribution >= 0.6 is 11.6 Å². The van der Waals surface area contributed by atoms with Crippen molar-refractivity contribution in [3.05, 3.63) is 52.3 Å². The van der Waals surface area contributed by atoms with Crippen molar-refractivity contribution < 1.29 is 8.78 Å². The highest BCUT2D eigenvalue weighted by Gasteiger charge is 2.23. The molecule has 6 heteroatoms. The van der Waals surface area contributed by atoms with Crippen molar-refractivity contribution >= 4 is 11.6 Å². The molecule has 3 nitrogen and oxygen atoms in total. The number of aryl methyl sites for hydroxylation is 1. The summed E-state index contributed by atoms with van der Waals surface area (Å²) in [6.45, 7) is 2.53. The third kappa shape index (κ3) is 2.62. The molecule has 2 rings (SSSR count). The molecule has 1 aromatic heterocycles. The number of halogens is 3. The largest absolute Gasteiger partial charge is 0.308 e. The van der Waals surface area contributed by atoms with Crippen LogP contribution in [0.15, 0.2) is 24.4 Å². The third-order valence-corrected chi connectivity index (χ3v) is 3.26. The van der Waals surface area contributed by atoms with Gasteiger partial charge in [-0.25, -0.2) is 8.78 Å². The summed E-state index contributed by atoms with van der Waals surface area (Å²) >= 11 is 6.11. The highest BCUT2D eigenvalue weighted by atomic mass is 35.5. The summed E-state index contributed by atoms with van der Waals surface area (Å²) in [6.07, 6.45) is 1.52. The Morgan fingerprint density at radius 1 is 1.42 bits per heavy atom. The molecule has 0 radical (unpaired) electrons. The maximum Gasteiger partial charge on any atom is 0.131 e. The second-order valence-corrected chi connectivity index (χ2v) is 4.49. The molecule has 0 aliphatic carbocycles. The van der Waals surface area contributed by atoms with Crippen molar-refractivity contribution in [3.8, 4) is 0 Å². The topological polar surface area (TPSA) is 29.9 Å². The summed E-state index contributed by atoms with van der Waals surface area (Å²) in [6, 6.07) is 3.02. The fourth-order valence-electron chi connectivity index (χ4n) is 2.09. The first-order valence-electron chi connectivity index (χ1n) is 5.91. The lowest BCUT2D eigenvalue weighted by atomic mass is 10.0. The Hall–Kier alpha value is -1.46. The molecular formula is C13H14ClF2N3. The summed E-state index contributed by atoms with van der Waals surface area (Å²) in [5.41, 5.74) is 0.998. The van der Waals surface area contributed by atoms with E-state index in [1.54, 1.807) is 11.7 Å². The van der Waals surface area contributed by atoms with E-state index in [-0.39, 0.29) is 0 Å². The van der Waals surface area contributed by atoms with Crippen LogP contribution in [-0.4, -0.2) is 16.8 Å². The number of aromatic nitrogens is 2. The van der Waals surface area contributed by atoms with Crippen molar-refractivity contribution in [1.29, 1.82) is 0 Å². The first-order chi connectivity index (χ1) is 9.08. The molecule has 1 aromatic carbocycles. The standard InChI is InChI=1S/C13H14ClF2N3/c1-3-19-13(10(14)7-18-19)12(17-2)9-5-4-8(15)6-11(9)16/h4-7,12,17H,3H2,1-2H3. The first-order valence-corrected chi connectivity index (χ1v) is 6.29. The summed E-state index contributed by atoms with van der Waals surface area (Å²) in [5, 5.41) is 7.56. The van der Waals surface area contributed by atoms with Gasteiger partial charge >= 0.3 is 0 Å².